The lowest BCUT2D eigenvalue weighted by Gasteiger charge is -2.23. The van der Waals surface area contributed by atoms with E-state index in [0.717, 1.165) is 44.1 Å². The number of carbonyl (C=O) groups excluding carboxylic acids is 1. The van der Waals surface area contributed by atoms with E-state index in [1.165, 1.54) is 0 Å². The van der Waals surface area contributed by atoms with Crippen LogP contribution in [0.25, 0.3) is 0 Å². The molecule has 0 saturated carbocycles. The maximum Gasteiger partial charge on any atom is 0.238 e. The number of hydrogen-bond acceptors (Lipinski definition) is 3. The van der Waals surface area contributed by atoms with Gasteiger partial charge in [0.25, 0.3) is 0 Å². The molecule has 4 nitrogen and oxygen atoms in total. The van der Waals surface area contributed by atoms with Crippen molar-refractivity contribution in [2.45, 2.75) is 18.9 Å². The van der Waals surface area contributed by atoms with Crippen LogP contribution in [-0.4, -0.2) is 43.5 Å². The van der Waals surface area contributed by atoms with Crippen LogP contribution in [0.4, 0.5) is 14.5 Å². The predicted molar refractivity (Wildman–Crippen MR) is 80.8 cm³/mol. The highest BCUT2D eigenvalue weighted by atomic mass is 35.5. The Balaban J connectivity index is 0.00000220. The van der Waals surface area contributed by atoms with E-state index in [0.29, 0.717) is 6.04 Å². The maximum absolute atomic E-state index is 13.0. The van der Waals surface area contributed by atoms with Crippen molar-refractivity contribution in [3.63, 3.8) is 0 Å². The molecule has 2 N–H and O–H groups in total. The van der Waals surface area contributed by atoms with Gasteiger partial charge in [-0.05, 0) is 38.6 Å². The normalized spacial score (nSPS) is 18.3. The summed E-state index contributed by atoms with van der Waals surface area (Å²) in [7, 11) is 1.88. The monoisotopic (exact) mass is 319 g/mol. The molecule has 1 aromatic rings. The van der Waals surface area contributed by atoms with Crippen molar-refractivity contribution in [3.8, 4) is 0 Å². The molecule has 0 bridgehead atoms. The number of nitrogens with zero attached hydrogens (tertiary/aromatic N) is 1. The van der Waals surface area contributed by atoms with Crippen LogP contribution < -0.4 is 10.6 Å². The highest BCUT2D eigenvalue weighted by Gasteiger charge is 2.25. The fourth-order valence-electron chi connectivity index (χ4n) is 2.58. The topological polar surface area (TPSA) is 44.4 Å². The third kappa shape index (κ3) is 5.22. The minimum absolute atomic E-state index is 0. The molecule has 118 valence electrons. The summed E-state index contributed by atoms with van der Waals surface area (Å²) in [4.78, 5) is 14.0. The summed E-state index contributed by atoms with van der Waals surface area (Å²) >= 11 is 0. The summed E-state index contributed by atoms with van der Waals surface area (Å²) in [5.74, 6) is -1.65. The Hall–Kier alpha value is -1.24. The smallest absolute Gasteiger partial charge is 0.238 e. The van der Waals surface area contributed by atoms with Crippen molar-refractivity contribution < 1.29 is 13.6 Å². The second kappa shape index (κ2) is 8.26. The molecule has 21 heavy (non-hydrogen) atoms. The molecule has 1 unspecified atom stereocenters. The first kappa shape index (κ1) is 17.8. The average molecular weight is 320 g/mol. The molecule has 1 saturated heterocycles. The van der Waals surface area contributed by atoms with Crippen LogP contribution in [0.15, 0.2) is 18.2 Å². The van der Waals surface area contributed by atoms with Crippen LogP contribution in [0.5, 0.6) is 0 Å². The van der Waals surface area contributed by atoms with Crippen LogP contribution in [0.2, 0.25) is 0 Å². The first-order valence-electron chi connectivity index (χ1n) is 6.73. The van der Waals surface area contributed by atoms with E-state index in [2.05, 4.69) is 15.5 Å². The molecule has 1 fully saturated rings. The van der Waals surface area contributed by atoms with Crippen LogP contribution in [0.3, 0.4) is 0 Å². The van der Waals surface area contributed by atoms with Crippen LogP contribution >= 0.6 is 12.4 Å². The Morgan fingerprint density at radius 2 is 2.00 bits per heavy atom. The van der Waals surface area contributed by atoms with Crippen molar-refractivity contribution >= 4 is 24.0 Å². The number of hydrogen-bond donors (Lipinski definition) is 2. The molecule has 1 aliphatic rings. The number of likely N-dealkylation sites (N-methyl/N-ethyl adjacent to an activating group) is 1. The van der Waals surface area contributed by atoms with Gasteiger partial charge in [-0.15, -0.1) is 12.4 Å². The fourth-order valence-corrected chi connectivity index (χ4v) is 2.58. The standard InChI is InChI=1S/C14H19F2N3O.ClH/c1-17-8-13-3-2-4-19(13)9-14(20)18-12-6-10(15)5-11(16)7-12;/h5-7,13,17H,2-4,8-9H2,1H3,(H,18,20);1H. The number of rotatable bonds is 5. The second-order valence-corrected chi connectivity index (χ2v) is 5.03. The zero-order valence-electron chi connectivity index (χ0n) is 11.9. The largest absolute Gasteiger partial charge is 0.325 e. The number of amides is 1. The van der Waals surface area contributed by atoms with E-state index in [9.17, 15) is 13.6 Å². The maximum atomic E-state index is 13.0. The molecular formula is C14H20ClF2N3O. The van der Waals surface area contributed by atoms with E-state index in [1.54, 1.807) is 0 Å². The molecule has 1 heterocycles. The second-order valence-electron chi connectivity index (χ2n) is 5.03. The van der Waals surface area contributed by atoms with Gasteiger partial charge in [0, 0.05) is 24.3 Å². The predicted octanol–water partition coefficient (Wildman–Crippen LogP) is 2.01. The molecule has 0 spiro atoms. The SMILES string of the molecule is CNCC1CCCN1CC(=O)Nc1cc(F)cc(F)c1.Cl. The Bertz CT molecular complexity index is 467. The molecule has 7 heteroatoms. The number of likely N-dealkylation sites (tertiary alicyclic amines) is 1. The summed E-state index contributed by atoms with van der Waals surface area (Å²) in [5.41, 5.74) is 0.150. The van der Waals surface area contributed by atoms with Crippen molar-refractivity contribution in [2.24, 2.45) is 0 Å². The van der Waals surface area contributed by atoms with Gasteiger partial charge in [0.05, 0.1) is 6.54 Å². The van der Waals surface area contributed by atoms with Crippen molar-refractivity contribution in [2.75, 3.05) is 32.0 Å². The molecule has 0 aromatic heterocycles. The quantitative estimate of drug-likeness (QED) is 0.872. The molecule has 1 aromatic carbocycles. The van der Waals surface area contributed by atoms with Gasteiger partial charge in [-0.3, -0.25) is 9.69 Å². The van der Waals surface area contributed by atoms with Gasteiger partial charge in [-0.2, -0.15) is 0 Å². The number of halogens is 3. The minimum Gasteiger partial charge on any atom is -0.325 e. The van der Waals surface area contributed by atoms with Gasteiger partial charge in [-0.25, -0.2) is 8.78 Å². The first-order valence-corrected chi connectivity index (χ1v) is 6.73. The molecule has 2 rings (SSSR count). The third-order valence-corrected chi connectivity index (χ3v) is 3.43. The average Bonchev–Trinajstić information content (AvgIpc) is 2.75. The molecule has 1 atom stereocenters. The van der Waals surface area contributed by atoms with Gasteiger partial charge in [0.2, 0.25) is 5.91 Å². The van der Waals surface area contributed by atoms with E-state index in [-0.39, 0.29) is 30.5 Å². The highest BCUT2D eigenvalue weighted by molar-refractivity contribution is 5.92. The Morgan fingerprint density at radius 3 is 2.62 bits per heavy atom. The van der Waals surface area contributed by atoms with Crippen LogP contribution in [0, 0.1) is 11.6 Å². The molecular weight excluding hydrogens is 300 g/mol. The van der Waals surface area contributed by atoms with Gasteiger partial charge < -0.3 is 10.6 Å². The van der Waals surface area contributed by atoms with Crippen molar-refractivity contribution in [3.05, 3.63) is 29.8 Å². The summed E-state index contributed by atoms with van der Waals surface area (Å²) in [6.07, 6.45) is 2.12. The number of carbonyl (C=O) groups is 1. The minimum atomic E-state index is -0.700. The van der Waals surface area contributed by atoms with E-state index in [1.807, 2.05) is 7.05 Å². The molecule has 0 radical (unpaired) electrons. The number of nitrogens with one attached hydrogen (secondary N) is 2. The van der Waals surface area contributed by atoms with Gasteiger partial charge in [-0.1, -0.05) is 0 Å². The molecule has 1 amide bonds. The number of benzene rings is 1. The summed E-state index contributed by atoms with van der Waals surface area (Å²) < 4.78 is 26.1. The van der Waals surface area contributed by atoms with Crippen molar-refractivity contribution in [1.82, 2.24) is 10.2 Å². The van der Waals surface area contributed by atoms with Crippen molar-refractivity contribution in [1.29, 1.82) is 0 Å². The molecule has 1 aliphatic heterocycles. The zero-order valence-corrected chi connectivity index (χ0v) is 12.7. The summed E-state index contributed by atoms with van der Waals surface area (Å²) in [5, 5.41) is 5.64. The third-order valence-electron chi connectivity index (χ3n) is 3.43. The van der Waals surface area contributed by atoms with Crippen LogP contribution in [0.1, 0.15) is 12.8 Å². The van der Waals surface area contributed by atoms with E-state index in [4.69, 9.17) is 0 Å². The Labute approximate surface area is 129 Å². The lowest BCUT2D eigenvalue weighted by molar-refractivity contribution is -0.117. The van der Waals surface area contributed by atoms with E-state index < -0.39 is 11.6 Å². The van der Waals surface area contributed by atoms with Gasteiger partial charge in [0.15, 0.2) is 0 Å². The number of anilines is 1. The summed E-state index contributed by atoms with van der Waals surface area (Å²) in [6.45, 7) is 1.95. The Kier molecular flexibility index (Phi) is 7.01. The fraction of sp³-hybridized carbons (Fsp3) is 0.500. The van der Waals surface area contributed by atoms with Gasteiger partial charge in [0.1, 0.15) is 11.6 Å². The lowest BCUT2D eigenvalue weighted by atomic mass is 10.2. The first-order chi connectivity index (χ1) is 9.58. The van der Waals surface area contributed by atoms with Gasteiger partial charge >= 0.3 is 0 Å². The Morgan fingerprint density at radius 1 is 1.33 bits per heavy atom. The highest BCUT2D eigenvalue weighted by Crippen LogP contribution is 2.17. The van der Waals surface area contributed by atoms with E-state index >= 15 is 0 Å². The lowest BCUT2D eigenvalue weighted by Crippen LogP contribution is -2.41. The summed E-state index contributed by atoms with van der Waals surface area (Å²) in [6, 6.07) is 3.33. The van der Waals surface area contributed by atoms with Crippen LogP contribution in [-0.2, 0) is 4.79 Å². The zero-order chi connectivity index (χ0) is 14.5. The molecule has 0 aliphatic carbocycles.